The number of hydrogen-bond donors (Lipinski definition) is 1. The maximum absolute atomic E-state index is 12.3. The molecule has 0 aliphatic carbocycles. The zero-order chi connectivity index (χ0) is 14.3. The molecule has 7 heteroatoms. The minimum atomic E-state index is -3.53. The molecule has 2 aromatic rings. The lowest BCUT2D eigenvalue weighted by Crippen LogP contribution is -2.11. The topological polar surface area (TPSA) is 55.4 Å². The molecule has 0 radical (unpaired) electrons. The highest BCUT2D eigenvalue weighted by atomic mass is 79.9. The van der Waals surface area contributed by atoms with Crippen molar-refractivity contribution >= 4 is 43.0 Å². The normalized spacial score (nSPS) is 13.9. The third-order valence-electron chi connectivity index (χ3n) is 3.04. The molecule has 1 aromatic carbocycles. The summed E-state index contributed by atoms with van der Waals surface area (Å²) in [6.07, 6.45) is 0.814. The summed E-state index contributed by atoms with van der Waals surface area (Å²) in [5.74, 6) is 0.836. The summed E-state index contributed by atoms with van der Waals surface area (Å²) >= 11 is 4.55. The minimum Gasteiger partial charge on any atom is -0.493 e. The highest BCUT2D eigenvalue weighted by Crippen LogP contribution is 2.33. The predicted molar refractivity (Wildman–Crippen MR) is 83.2 cm³/mol. The van der Waals surface area contributed by atoms with Gasteiger partial charge in [-0.15, -0.1) is 11.3 Å². The van der Waals surface area contributed by atoms with Crippen molar-refractivity contribution in [3.63, 3.8) is 0 Å². The van der Waals surface area contributed by atoms with Crippen LogP contribution in [0, 0.1) is 6.92 Å². The van der Waals surface area contributed by atoms with Crippen molar-refractivity contribution in [3.8, 4) is 5.75 Å². The number of rotatable bonds is 3. The van der Waals surface area contributed by atoms with Crippen LogP contribution < -0.4 is 9.46 Å². The van der Waals surface area contributed by atoms with Crippen molar-refractivity contribution in [1.82, 2.24) is 0 Å². The molecule has 1 aliphatic heterocycles. The van der Waals surface area contributed by atoms with Crippen molar-refractivity contribution in [1.29, 1.82) is 0 Å². The van der Waals surface area contributed by atoms with Crippen LogP contribution in [0.1, 0.15) is 11.1 Å². The molecular weight excluding hydrogens is 362 g/mol. The van der Waals surface area contributed by atoms with E-state index in [1.54, 1.807) is 18.2 Å². The molecule has 0 spiro atoms. The van der Waals surface area contributed by atoms with Gasteiger partial charge < -0.3 is 4.74 Å². The van der Waals surface area contributed by atoms with E-state index >= 15 is 0 Å². The van der Waals surface area contributed by atoms with Gasteiger partial charge in [-0.25, -0.2) is 8.42 Å². The van der Waals surface area contributed by atoms with Crippen molar-refractivity contribution in [2.24, 2.45) is 0 Å². The first kappa shape index (κ1) is 13.9. The van der Waals surface area contributed by atoms with Crippen LogP contribution in [0.25, 0.3) is 0 Å². The van der Waals surface area contributed by atoms with E-state index in [1.165, 1.54) is 11.3 Å². The third kappa shape index (κ3) is 2.57. The van der Waals surface area contributed by atoms with Crippen molar-refractivity contribution in [2.75, 3.05) is 11.3 Å². The number of halogens is 1. The van der Waals surface area contributed by atoms with Crippen molar-refractivity contribution in [2.45, 2.75) is 17.6 Å². The van der Waals surface area contributed by atoms with E-state index in [0.29, 0.717) is 16.5 Å². The molecule has 0 atom stereocenters. The van der Waals surface area contributed by atoms with Crippen LogP contribution in [0.15, 0.2) is 32.3 Å². The van der Waals surface area contributed by atoms with Crippen molar-refractivity contribution < 1.29 is 13.2 Å². The second-order valence-corrected chi connectivity index (χ2v) is 8.83. The van der Waals surface area contributed by atoms with Gasteiger partial charge in [-0.05, 0) is 58.2 Å². The van der Waals surface area contributed by atoms with Gasteiger partial charge in [0.2, 0.25) is 0 Å². The Morgan fingerprint density at radius 3 is 2.85 bits per heavy atom. The van der Waals surface area contributed by atoms with Gasteiger partial charge in [-0.3, -0.25) is 4.72 Å². The fourth-order valence-electron chi connectivity index (χ4n) is 2.02. The molecule has 1 N–H and O–H groups in total. The first-order valence-electron chi connectivity index (χ1n) is 6.00. The average molecular weight is 374 g/mol. The molecule has 106 valence electrons. The molecule has 0 unspecified atom stereocenters. The maximum atomic E-state index is 12.3. The molecule has 2 heterocycles. The Balaban J connectivity index is 1.90. The molecule has 3 rings (SSSR count). The Kier molecular flexibility index (Phi) is 3.51. The van der Waals surface area contributed by atoms with Gasteiger partial charge in [-0.2, -0.15) is 0 Å². The summed E-state index contributed by atoms with van der Waals surface area (Å²) in [6, 6.07) is 7.01. The van der Waals surface area contributed by atoms with E-state index in [4.69, 9.17) is 4.74 Å². The van der Waals surface area contributed by atoms with Crippen molar-refractivity contribution in [3.05, 3.63) is 39.2 Å². The van der Waals surface area contributed by atoms with Gasteiger partial charge in [0.25, 0.3) is 10.0 Å². The first-order chi connectivity index (χ1) is 9.45. The average Bonchev–Trinajstić information content (AvgIpc) is 2.96. The molecule has 1 aromatic heterocycles. The number of anilines is 1. The second kappa shape index (κ2) is 5.05. The third-order valence-corrected chi connectivity index (χ3v) is 7.03. The number of fused-ring (bicyclic) bond motifs is 1. The van der Waals surface area contributed by atoms with Crippen LogP contribution in [0.4, 0.5) is 5.69 Å². The van der Waals surface area contributed by atoms with E-state index in [0.717, 1.165) is 27.1 Å². The lowest BCUT2D eigenvalue weighted by atomic mass is 10.1. The van der Waals surface area contributed by atoms with Gasteiger partial charge >= 0.3 is 0 Å². The summed E-state index contributed by atoms with van der Waals surface area (Å²) in [4.78, 5) is 0. The minimum absolute atomic E-state index is 0.304. The zero-order valence-corrected chi connectivity index (χ0v) is 13.9. The van der Waals surface area contributed by atoms with Gasteiger partial charge in [0.15, 0.2) is 0 Å². The fourth-order valence-corrected chi connectivity index (χ4v) is 5.29. The Hall–Kier alpha value is -1.05. The van der Waals surface area contributed by atoms with Gasteiger partial charge in [0, 0.05) is 12.1 Å². The van der Waals surface area contributed by atoms with Gasteiger partial charge in [0.1, 0.15) is 9.96 Å². The summed E-state index contributed by atoms with van der Waals surface area (Å²) in [6.45, 7) is 2.52. The Labute approximate surface area is 130 Å². The van der Waals surface area contributed by atoms with E-state index in [1.807, 2.05) is 13.0 Å². The summed E-state index contributed by atoms with van der Waals surface area (Å²) in [5, 5.41) is 0. The van der Waals surface area contributed by atoms with Gasteiger partial charge in [0.05, 0.1) is 10.4 Å². The molecule has 0 saturated heterocycles. The monoisotopic (exact) mass is 373 g/mol. The lowest BCUT2D eigenvalue weighted by Gasteiger charge is -2.07. The van der Waals surface area contributed by atoms with Gasteiger partial charge in [-0.1, -0.05) is 0 Å². The Morgan fingerprint density at radius 1 is 1.35 bits per heavy atom. The number of thiophene rings is 1. The molecule has 0 amide bonds. The number of nitrogens with one attached hydrogen (secondary N) is 1. The zero-order valence-electron chi connectivity index (χ0n) is 10.6. The maximum Gasteiger partial charge on any atom is 0.271 e. The lowest BCUT2D eigenvalue weighted by molar-refractivity contribution is 0.357. The summed E-state index contributed by atoms with van der Waals surface area (Å²) < 4.78 is 33.8. The van der Waals surface area contributed by atoms with E-state index in [2.05, 4.69) is 20.7 Å². The van der Waals surface area contributed by atoms with Crippen LogP contribution in [-0.4, -0.2) is 15.0 Å². The molecule has 4 nitrogen and oxygen atoms in total. The molecule has 0 fully saturated rings. The number of ether oxygens (including phenoxy) is 1. The summed E-state index contributed by atoms with van der Waals surface area (Å²) in [7, 11) is -3.53. The quantitative estimate of drug-likeness (QED) is 0.894. The van der Waals surface area contributed by atoms with E-state index in [-0.39, 0.29) is 0 Å². The SMILES string of the molecule is Cc1cc(S(=O)(=O)Nc2ccc3c(c2)CCO3)sc1Br. The standard InChI is InChI=1S/C13H12BrNO3S2/c1-8-6-12(19-13(8)14)20(16,17)15-10-2-3-11-9(7-10)4-5-18-11/h2-3,6-7,15H,4-5H2,1H3. The molecule has 1 aliphatic rings. The highest BCUT2D eigenvalue weighted by molar-refractivity contribution is 9.11. The molecule has 0 saturated carbocycles. The highest BCUT2D eigenvalue weighted by Gasteiger charge is 2.20. The smallest absolute Gasteiger partial charge is 0.271 e. The predicted octanol–water partition coefficient (Wildman–Crippen LogP) is 3.55. The molecule has 0 bridgehead atoms. The number of aryl methyl sites for hydroxylation is 1. The van der Waals surface area contributed by atoms with Crippen LogP contribution in [0.3, 0.4) is 0 Å². The molecule has 20 heavy (non-hydrogen) atoms. The van der Waals surface area contributed by atoms with E-state index in [9.17, 15) is 8.42 Å². The second-order valence-electron chi connectivity index (χ2n) is 4.55. The number of hydrogen-bond acceptors (Lipinski definition) is 4. The largest absolute Gasteiger partial charge is 0.493 e. The van der Waals surface area contributed by atoms with Crippen LogP contribution in [0.2, 0.25) is 0 Å². The summed E-state index contributed by atoms with van der Waals surface area (Å²) in [5.41, 5.74) is 2.52. The van der Waals surface area contributed by atoms with Crippen LogP contribution in [-0.2, 0) is 16.4 Å². The Bertz CT molecular complexity index is 748. The molecular formula is C13H12BrNO3S2. The van der Waals surface area contributed by atoms with Crippen LogP contribution >= 0.6 is 27.3 Å². The number of sulfonamides is 1. The number of benzene rings is 1. The first-order valence-corrected chi connectivity index (χ1v) is 9.09. The Morgan fingerprint density at radius 2 is 2.15 bits per heavy atom. The van der Waals surface area contributed by atoms with E-state index < -0.39 is 10.0 Å². The fraction of sp³-hybridized carbons (Fsp3) is 0.231. The van der Waals surface area contributed by atoms with Crippen LogP contribution in [0.5, 0.6) is 5.75 Å².